The molecule has 6 heteroatoms. The van der Waals surface area contributed by atoms with Crippen molar-refractivity contribution >= 4 is 12.0 Å². The zero-order valence-corrected chi connectivity index (χ0v) is 12.4. The summed E-state index contributed by atoms with van der Waals surface area (Å²) in [5.41, 5.74) is -0.410. The molecular formula is C14H22N4O2. The third-order valence-electron chi connectivity index (χ3n) is 3.13. The zero-order valence-electron chi connectivity index (χ0n) is 12.4. The molecule has 110 valence electrons. The van der Waals surface area contributed by atoms with E-state index in [0.717, 1.165) is 25.9 Å². The standard InChI is InChI=1S/C14H22N4O2/c1-14(2,3)18(12-15-8-7-9-16-12)20-13(19)17-10-5-4-6-11-17/h7-9H,4-6,10-11H2,1-3H3. The number of hydrogen-bond acceptors (Lipinski definition) is 5. The molecule has 1 aliphatic rings. The van der Waals surface area contributed by atoms with E-state index in [1.54, 1.807) is 23.4 Å². The Bertz CT molecular complexity index is 438. The van der Waals surface area contributed by atoms with Gasteiger partial charge in [-0.15, -0.1) is 0 Å². The number of anilines is 1. The molecule has 1 aromatic rings. The molecule has 1 aliphatic heterocycles. The van der Waals surface area contributed by atoms with E-state index in [-0.39, 0.29) is 6.09 Å². The van der Waals surface area contributed by atoms with Crippen molar-refractivity contribution in [3.8, 4) is 0 Å². The topological polar surface area (TPSA) is 58.6 Å². The van der Waals surface area contributed by atoms with E-state index in [4.69, 9.17) is 4.84 Å². The van der Waals surface area contributed by atoms with Crippen LogP contribution in [0, 0.1) is 0 Å². The van der Waals surface area contributed by atoms with Gasteiger partial charge in [0, 0.05) is 25.5 Å². The maximum absolute atomic E-state index is 12.2. The first-order chi connectivity index (χ1) is 9.48. The van der Waals surface area contributed by atoms with E-state index < -0.39 is 5.54 Å². The molecule has 1 amide bonds. The lowest BCUT2D eigenvalue weighted by atomic mass is 10.1. The van der Waals surface area contributed by atoms with Gasteiger partial charge in [0.1, 0.15) is 0 Å². The summed E-state index contributed by atoms with van der Waals surface area (Å²) in [6.07, 6.45) is 6.19. The van der Waals surface area contributed by atoms with Gasteiger partial charge < -0.3 is 9.74 Å². The minimum absolute atomic E-state index is 0.327. The Morgan fingerprint density at radius 2 is 1.80 bits per heavy atom. The summed E-state index contributed by atoms with van der Waals surface area (Å²) in [6.45, 7) is 7.37. The summed E-state index contributed by atoms with van der Waals surface area (Å²) < 4.78 is 0. The van der Waals surface area contributed by atoms with Crippen molar-refractivity contribution in [3.05, 3.63) is 18.5 Å². The van der Waals surface area contributed by atoms with Gasteiger partial charge in [0.05, 0.1) is 5.54 Å². The van der Waals surface area contributed by atoms with Crippen LogP contribution in [0.5, 0.6) is 0 Å². The lowest BCUT2D eigenvalue weighted by molar-refractivity contribution is 0.0622. The molecule has 2 heterocycles. The van der Waals surface area contributed by atoms with E-state index >= 15 is 0 Å². The highest BCUT2D eigenvalue weighted by molar-refractivity contribution is 5.69. The second-order valence-electron chi connectivity index (χ2n) is 5.92. The molecule has 6 nitrogen and oxygen atoms in total. The van der Waals surface area contributed by atoms with Crippen LogP contribution in [0.15, 0.2) is 18.5 Å². The fraction of sp³-hybridized carbons (Fsp3) is 0.643. The van der Waals surface area contributed by atoms with Gasteiger partial charge in [-0.2, -0.15) is 5.06 Å². The highest BCUT2D eigenvalue weighted by atomic mass is 16.7. The van der Waals surface area contributed by atoms with Crippen molar-refractivity contribution in [1.29, 1.82) is 0 Å². The maximum atomic E-state index is 12.2. The lowest BCUT2D eigenvalue weighted by Gasteiger charge is -2.35. The molecule has 0 radical (unpaired) electrons. The van der Waals surface area contributed by atoms with E-state index in [0.29, 0.717) is 5.95 Å². The third kappa shape index (κ3) is 3.59. The molecule has 0 atom stereocenters. The molecule has 0 spiro atoms. The van der Waals surface area contributed by atoms with Crippen molar-refractivity contribution in [2.75, 3.05) is 18.2 Å². The number of hydrogen-bond donors (Lipinski definition) is 0. The maximum Gasteiger partial charge on any atom is 0.434 e. The number of amides is 1. The SMILES string of the molecule is CC(C)(C)N(OC(=O)N1CCCCC1)c1ncccn1. The number of hydroxylamine groups is 1. The van der Waals surface area contributed by atoms with Crippen LogP contribution in [0.2, 0.25) is 0 Å². The Morgan fingerprint density at radius 3 is 2.35 bits per heavy atom. The van der Waals surface area contributed by atoms with E-state index in [2.05, 4.69) is 9.97 Å². The van der Waals surface area contributed by atoms with Gasteiger partial charge in [0.2, 0.25) is 0 Å². The fourth-order valence-electron chi connectivity index (χ4n) is 2.09. The highest BCUT2D eigenvalue weighted by Crippen LogP contribution is 2.21. The predicted octanol–water partition coefficient (Wildman–Crippen LogP) is 2.62. The quantitative estimate of drug-likeness (QED) is 0.778. The van der Waals surface area contributed by atoms with Crippen molar-refractivity contribution < 1.29 is 9.63 Å². The Kier molecular flexibility index (Phi) is 4.42. The van der Waals surface area contributed by atoms with Crippen LogP contribution in [0.4, 0.5) is 10.7 Å². The first-order valence-electron chi connectivity index (χ1n) is 7.02. The summed E-state index contributed by atoms with van der Waals surface area (Å²) in [6, 6.07) is 1.73. The van der Waals surface area contributed by atoms with Gasteiger partial charge in [-0.1, -0.05) is 0 Å². The molecule has 20 heavy (non-hydrogen) atoms. The average Bonchev–Trinajstić information content (AvgIpc) is 2.45. The summed E-state index contributed by atoms with van der Waals surface area (Å²) >= 11 is 0. The minimum atomic E-state index is -0.410. The van der Waals surface area contributed by atoms with Crippen molar-refractivity contribution in [2.24, 2.45) is 0 Å². The molecule has 1 saturated heterocycles. The van der Waals surface area contributed by atoms with Crippen LogP contribution in [0.25, 0.3) is 0 Å². The van der Waals surface area contributed by atoms with E-state index in [1.165, 1.54) is 11.5 Å². The second-order valence-corrected chi connectivity index (χ2v) is 5.92. The normalized spacial score (nSPS) is 15.8. The van der Waals surface area contributed by atoms with Gasteiger partial charge in [0.15, 0.2) is 0 Å². The summed E-state index contributed by atoms with van der Waals surface area (Å²) in [7, 11) is 0. The number of carbonyl (C=O) groups excluding carboxylic acids is 1. The molecule has 0 aliphatic carbocycles. The van der Waals surface area contributed by atoms with Gasteiger partial charge in [-0.25, -0.2) is 14.8 Å². The monoisotopic (exact) mass is 278 g/mol. The first kappa shape index (κ1) is 14.6. The van der Waals surface area contributed by atoms with Gasteiger partial charge in [0.25, 0.3) is 5.95 Å². The third-order valence-corrected chi connectivity index (χ3v) is 3.13. The number of nitrogens with zero attached hydrogens (tertiary/aromatic N) is 4. The molecule has 0 unspecified atom stereocenters. The zero-order chi connectivity index (χ0) is 14.6. The van der Waals surface area contributed by atoms with Crippen LogP contribution in [-0.4, -0.2) is 39.6 Å². The van der Waals surface area contributed by atoms with Crippen molar-refractivity contribution in [2.45, 2.75) is 45.6 Å². The molecular weight excluding hydrogens is 256 g/mol. The molecule has 0 saturated carbocycles. The minimum Gasteiger partial charge on any atom is -0.318 e. The molecule has 0 N–H and O–H groups in total. The Balaban J connectivity index is 2.10. The van der Waals surface area contributed by atoms with Crippen LogP contribution in [0.3, 0.4) is 0 Å². The molecule has 2 rings (SSSR count). The Morgan fingerprint density at radius 1 is 1.20 bits per heavy atom. The van der Waals surface area contributed by atoms with E-state index in [1.807, 2.05) is 20.8 Å². The predicted molar refractivity (Wildman–Crippen MR) is 76.2 cm³/mol. The average molecular weight is 278 g/mol. The molecule has 0 aromatic carbocycles. The number of piperidine rings is 1. The van der Waals surface area contributed by atoms with Gasteiger partial charge >= 0.3 is 6.09 Å². The highest BCUT2D eigenvalue weighted by Gasteiger charge is 2.30. The van der Waals surface area contributed by atoms with Gasteiger partial charge in [-0.3, -0.25) is 0 Å². The lowest BCUT2D eigenvalue weighted by Crippen LogP contribution is -2.48. The van der Waals surface area contributed by atoms with Crippen LogP contribution in [0.1, 0.15) is 40.0 Å². The summed E-state index contributed by atoms with van der Waals surface area (Å²) in [5.74, 6) is 0.394. The smallest absolute Gasteiger partial charge is 0.318 e. The summed E-state index contributed by atoms with van der Waals surface area (Å²) in [4.78, 5) is 27.8. The van der Waals surface area contributed by atoms with Crippen LogP contribution in [-0.2, 0) is 4.84 Å². The summed E-state index contributed by atoms with van der Waals surface area (Å²) in [5, 5.41) is 1.48. The van der Waals surface area contributed by atoms with Crippen molar-refractivity contribution in [3.63, 3.8) is 0 Å². The number of carbonyl (C=O) groups is 1. The molecule has 1 aromatic heterocycles. The van der Waals surface area contributed by atoms with Crippen molar-refractivity contribution in [1.82, 2.24) is 14.9 Å². The fourth-order valence-corrected chi connectivity index (χ4v) is 2.09. The first-order valence-corrected chi connectivity index (χ1v) is 7.02. The van der Waals surface area contributed by atoms with Gasteiger partial charge in [-0.05, 0) is 46.1 Å². The number of rotatable bonds is 2. The largest absolute Gasteiger partial charge is 0.434 e. The van der Waals surface area contributed by atoms with E-state index in [9.17, 15) is 4.79 Å². The number of aromatic nitrogens is 2. The van der Waals surface area contributed by atoms with Crippen LogP contribution < -0.4 is 5.06 Å². The number of likely N-dealkylation sites (tertiary alicyclic amines) is 1. The Labute approximate surface area is 119 Å². The van der Waals surface area contributed by atoms with Crippen LogP contribution >= 0.6 is 0 Å². The second kappa shape index (κ2) is 6.07. The Hall–Kier alpha value is -1.85. The molecule has 0 bridgehead atoms. The molecule has 1 fully saturated rings.